The zero-order valence-corrected chi connectivity index (χ0v) is 58.2. The summed E-state index contributed by atoms with van der Waals surface area (Å²) in [6.45, 7) is 13.3. The van der Waals surface area contributed by atoms with Crippen molar-refractivity contribution in [3.05, 3.63) is 185 Å². The molecule has 4 N–H and O–H groups in total. The molecule has 0 radical (unpaired) electrons. The molecule has 2 aliphatic rings. The van der Waals surface area contributed by atoms with Crippen LogP contribution in [0, 0.1) is 13.8 Å². The van der Waals surface area contributed by atoms with Crippen molar-refractivity contribution in [2.24, 2.45) is 5.73 Å². The number of likely N-dealkylation sites (tertiary alicyclic amines) is 2. The molecule has 4 atom stereocenters. The van der Waals surface area contributed by atoms with Gasteiger partial charge in [0.15, 0.2) is 15.5 Å². The Morgan fingerprint density at radius 1 is 0.583 bits per heavy atom. The number of aryl methyl sites for hydroxylation is 2. The number of carbonyl (C=O) groups is 5. The highest BCUT2D eigenvalue weighted by Crippen LogP contribution is 2.61. The lowest BCUT2D eigenvalue weighted by Gasteiger charge is -2.38. The first-order chi connectivity index (χ1) is 45.7. The molecule has 0 bridgehead atoms. The molecule has 0 aliphatic carbocycles. The molecule has 0 saturated carbocycles. The molecule has 0 unspecified atom stereocenters. The van der Waals surface area contributed by atoms with E-state index >= 15 is 0 Å². The summed E-state index contributed by atoms with van der Waals surface area (Å²) in [6, 6.07) is 14.9. The Morgan fingerprint density at radius 2 is 1.02 bits per heavy atom. The number of rotatable bonds is 9. The number of imidazole rings is 2. The van der Waals surface area contributed by atoms with Crippen LogP contribution in [0.4, 0.5) is 0 Å². The first-order valence-corrected chi connectivity index (χ1v) is 34.6. The summed E-state index contributed by atoms with van der Waals surface area (Å²) >= 11 is 30.9. The van der Waals surface area contributed by atoms with Gasteiger partial charge in [0.25, 0.3) is 11.8 Å². The lowest BCUT2D eigenvalue weighted by molar-refractivity contribution is -0.156. The van der Waals surface area contributed by atoms with E-state index in [-0.39, 0.29) is 35.9 Å². The van der Waals surface area contributed by atoms with Crippen LogP contribution in [0.3, 0.4) is 0 Å². The minimum Gasteiger partial charge on any atom is -0.471 e. The zero-order chi connectivity index (χ0) is 70.1. The Bertz CT molecular complexity index is 4200. The number of aliphatic hydroxyl groups is 1. The van der Waals surface area contributed by atoms with E-state index in [0.717, 1.165) is 48.4 Å². The molecule has 0 spiro atoms. The fourth-order valence-corrected chi connectivity index (χ4v) is 9.70. The number of nitrogens with two attached hydrogens (primary N) is 1. The Morgan fingerprint density at radius 3 is 1.48 bits per heavy atom. The summed E-state index contributed by atoms with van der Waals surface area (Å²) in [7, 11) is 0. The second-order valence-corrected chi connectivity index (χ2v) is 28.3. The first kappa shape index (κ1) is 76.4. The number of ether oxygens (including phenoxy) is 2. The Labute approximate surface area is 580 Å². The fourth-order valence-electron chi connectivity index (χ4n) is 9.14. The number of aliphatic hydroxyl groups excluding tert-OH is 1. The molecule has 36 heteroatoms. The summed E-state index contributed by atoms with van der Waals surface area (Å²) in [5.41, 5.74) is 10.6. The summed E-state index contributed by atoms with van der Waals surface area (Å²) in [6.07, 6.45) is 25.7. The zero-order valence-electron chi connectivity index (χ0n) is 52.7. The monoisotopic (exact) mass is 1450 g/mol. The normalized spacial score (nSPS) is 15.5. The van der Waals surface area contributed by atoms with Crippen LogP contribution in [-0.4, -0.2) is 161 Å². The van der Waals surface area contributed by atoms with Crippen molar-refractivity contribution < 1.29 is 43.1 Å². The van der Waals surface area contributed by atoms with E-state index in [0.29, 0.717) is 81.4 Å². The molecular weight excluding hydrogens is 1390 g/mol. The van der Waals surface area contributed by atoms with Gasteiger partial charge in [0.05, 0.1) is 90.3 Å². The lowest BCUT2D eigenvalue weighted by Crippen LogP contribution is -2.49. The van der Waals surface area contributed by atoms with E-state index in [1.165, 1.54) is 49.0 Å². The number of nitrogens with zero attached hydrogens (tertiary/aromatic N) is 18. The van der Waals surface area contributed by atoms with Crippen LogP contribution >= 0.6 is 73.7 Å². The molecular formula is C60H67Cl6N20O9P. The quantitative estimate of drug-likeness (QED) is 0.0687. The SMILES string of the molecule is CC(=O)NCc1nccnc1Cl.CC(=O)OC(C)=O.C[C@@H]1CC[C@@H](O)CN1C(=O)c1ccccc1-n1nccn1.Cc1ncc2c(Cl)nccn12.Cc1ncc2c(O[C@@H]3CC[C@@H](C)N(C(=O)c4ccccc4-n4nccn4)C3)nccn12.NCc1nccnc1Cl.O=P(Cl)(Cl)Cl. The first-order valence-electron chi connectivity index (χ1n) is 29.1. The molecule has 2 fully saturated rings. The molecule has 2 saturated heterocycles. The van der Waals surface area contributed by atoms with Crippen LogP contribution in [0.2, 0.25) is 15.5 Å². The van der Waals surface area contributed by atoms with Gasteiger partial charge in [-0.2, -0.15) is 30.0 Å². The highest BCUT2D eigenvalue weighted by molar-refractivity contribution is 8.24. The Kier molecular flexibility index (Phi) is 29.9. The number of halogens is 6. The number of carbonyl (C=O) groups excluding carboxylic acids is 5. The second-order valence-electron chi connectivity index (χ2n) is 20.6. The minimum absolute atomic E-state index is 0.0555. The minimum atomic E-state index is -3.22. The smallest absolute Gasteiger partial charge is 0.339 e. The molecule has 2 aliphatic heterocycles. The van der Waals surface area contributed by atoms with Crippen LogP contribution in [0.15, 0.2) is 135 Å². The Hall–Kier alpha value is -8.64. The van der Waals surface area contributed by atoms with Crippen LogP contribution in [0.1, 0.15) is 104 Å². The fraction of sp³-hybridized carbons (Fsp3) is 0.317. The van der Waals surface area contributed by atoms with E-state index in [1.54, 1.807) is 66.7 Å². The average Bonchev–Trinajstić information content (AvgIpc) is 1.29. The number of benzene rings is 2. The van der Waals surface area contributed by atoms with Gasteiger partial charge in [-0.05, 0) is 111 Å². The molecule has 96 heavy (non-hydrogen) atoms. The van der Waals surface area contributed by atoms with Gasteiger partial charge >= 0.3 is 17.1 Å². The third-order valence-electron chi connectivity index (χ3n) is 13.7. The van der Waals surface area contributed by atoms with Crippen LogP contribution in [0.25, 0.3) is 22.4 Å². The van der Waals surface area contributed by atoms with Gasteiger partial charge in [-0.3, -0.25) is 47.3 Å². The predicted molar refractivity (Wildman–Crippen MR) is 360 cm³/mol. The molecule has 29 nitrogen and oxygen atoms in total. The van der Waals surface area contributed by atoms with Gasteiger partial charge in [-0.25, -0.2) is 29.9 Å². The van der Waals surface area contributed by atoms with Crippen molar-refractivity contribution in [1.82, 2.24) is 93.8 Å². The van der Waals surface area contributed by atoms with Crippen molar-refractivity contribution in [2.75, 3.05) is 13.1 Å². The van der Waals surface area contributed by atoms with Gasteiger partial charge in [0.1, 0.15) is 28.8 Å². The molecule has 508 valence electrons. The summed E-state index contributed by atoms with van der Waals surface area (Å²) in [5.74, 6) is 0.951. The van der Waals surface area contributed by atoms with E-state index in [2.05, 4.69) is 111 Å². The number of fused-ring (bicyclic) bond motifs is 2. The van der Waals surface area contributed by atoms with Gasteiger partial charge in [0.2, 0.25) is 11.8 Å². The van der Waals surface area contributed by atoms with Gasteiger partial charge in [0, 0.05) is 95.5 Å². The van der Waals surface area contributed by atoms with Crippen LogP contribution in [-0.2, 0) is 36.8 Å². The predicted octanol–water partition coefficient (Wildman–Crippen LogP) is 9.90. The van der Waals surface area contributed by atoms with E-state index < -0.39 is 23.2 Å². The maximum atomic E-state index is 13.5. The molecule has 10 aromatic rings. The molecule has 10 heterocycles. The van der Waals surface area contributed by atoms with E-state index in [9.17, 15) is 33.6 Å². The number of piperidine rings is 2. The largest absolute Gasteiger partial charge is 0.471 e. The van der Waals surface area contributed by atoms with Crippen molar-refractivity contribution in [3.8, 4) is 17.3 Å². The molecule has 8 aromatic heterocycles. The second kappa shape index (κ2) is 37.6. The van der Waals surface area contributed by atoms with Crippen molar-refractivity contribution in [2.45, 2.75) is 112 Å². The number of β-amino-alcohol motifs (C(OH)–C–C–N with tert-alkyl or cyclic N) is 1. The average molecular weight is 1460 g/mol. The summed E-state index contributed by atoms with van der Waals surface area (Å²) in [5, 5.41) is 27.0. The van der Waals surface area contributed by atoms with Crippen molar-refractivity contribution >= 4 is 114 Å². The number of esters is 2. The molecule has 2 aromatic carbocycles. The lowest BCUT2D eigenvalue weighted by atomic mass is 9.99. The van der Waals surface area contributed by atoms with E-state index in [1.807, 2.05) is 89.3 Å². The number of amides is 3. The van der Waals surface area contributed by atoms with Crippen LogP contribution < -0.4 is 15.8 Å². The number of nitrogens with one attached hydrogen (secondary N) is 1. The number of hydrogen-bond acceptors (Lipinski definition) is 22. The van der Waals surface area contributed by atoms with Crippen molar-refractivity contribution in [1.29, 1.82) is 0 Å². The third-order valence-corrected chi connectivity index (χ3v) is 14.6. The van der Waals surface area contributed by atoms with Gasteiger partial charge in [-0.15, -0.1) is 0 Å². The number of aromatic nitrogens is 16. The highest BCUT2D eigenvalue weighted by atomic mass is 36.0. The Balaban J connectivity index is 0.000000194. The summed E-state index contributed by atoms with van der Waals surface area (Å²) in [4.78, 5) is 95.2. The van der Waals surface area contributed by atoms with Gasteiger partial charge < -0.3 is 35.4 Å². The number of hydrogen-bond donors (Lipinski definition) is 3. The van der Waals surface area contributed by atoms with Crippen molar-refractivity contribution in [3.63, 3.8) is 0 Å². The highest BCUT2D eigenvalue weighted by Gasteiger charge is 2.33. The third kappa shape index (κ3) is 23.6. The number of para-hydroxylation sites is 2. The van der Waals surface area contributed by atoms with Crippen LogP contribution in [0.5, 0.6) is 5.88 Å². The maximum absolute atomic E-state index is 13.5. The standard InChI is InChI=1S/C22H23N7O2.C15H18N4O2.C7H8ClN3O.C7H6ClN3.C5H6ClN3.C4H6O3.Cl3OP/c1-15-7-8-17(31-21-20-13-24-16(2)27(20)12-11-23-21)14-28(15)22(30)18-5-3-4-6-19(18)29-25-9-10-26-29;1-11-6-7-12(20)10-18(11)15(21)13-4-2-3-5-14(13)19-16-8-9-17-19;1-5(12)11-4-6-7(8)10-3-2-9-6;1-5-10-4-6-7(8)9-2-3-11(5)6;6-5-4(3-7)8-1-2-9-5;1-3(5)7-4(2)6;1-5(2,3)4/h3-6,9-13,15,17H,7-8,14H2,1-2H3;2-5,8-9,11-12,20H,6-7,10H2,1H3;2-3H,4H2,1H3,(H,11,12);2-4H,1H3;1-2H,3,7H2;1-2H3;/t15-,17-;11-,12-;;;;;/m11...../s1. The molecule has 3 amide bonds. The van der Waals surface area contributed by atoms with E-state index in [4.69, 9.17) is 45.3 Å². The topological polar surface area (TPSA) is 359 Å². The maximum Gasteiger partial charge on any atom is 0.339 e. The summed E-state index contributed by atoms with van der Waals surface area (Å²) < 4.78 is 23.6. The van der Waals surface area contributed by atoms with Gasteiger partial charge in [-0.1, -0.05) is 59.1 Å². The molecule has 12 rings (SSSR count).